The average molecular weight is 315 g/mol. The summed E-state index contributed by atoms with van der Waals surface area (Å²) < 4.78 is 0. The fourth-order valence-corrected chi connectivity index (χ4v) is 12.4. The molecule has 0 aromatic carbocycles. The second-order valence-electron chi connectivity index (χ2n) is 6.47. The summed E-state index contributed by atoms with van der Waals surface area (Å²) in [7, 11) is -8.22. The van der Waals surface area contributed by atoms with Gasteiger partial charge in [0.05, 0.1) is 0 Å². The Bertz CT molecular complexity index is 368. The first-order valence-electron chi connectivity index (χ1n) is 7.51. The fraction of sp³-hybridized carbons (Fsp3) is 0.714. The van der Waals surface area contributed by atoms with Gasteiger partial charge in [-0.25, -0.2) is 0 Å². The highest BCUT2D eigenvalue weighted by atomic mass is 29.3. The lowest BCUT2D eigenvalue weighted by molar-refractivity contribution is 0.273. The van der Waals surface area contributed by atoms with Crippen LogP contribution in [0.15, 0.2) is 24.3 Å². The van der Waals surface area contributed by atoms with Crippen LogP contribution < -0.4 is 0 Å². The second-order valence-corrected chi connectivity index (χ2v) is 15.1. The largest absolute Gasteiger partial charge is 0.409 e. The zero-order valence-electron chi connectivity index (χ0n) is 12.2. The quantitative estimate of drug-likeness (QED) is 0.471. The Labute approximate surface area is 122 Å². The van der Waals surface area contributed by atoms with Crippen LogP contribution in [-0.4, -0.2) is 35.3 Å². The molecule has 0 saturated carbocycles. The SMILES string of the molecule is CC1CCC=CC1[Si](O)(O)[Si](O)(O)C1C=CCCC1C. The number of hydrogen-bond donors (Lipinski definition) is 4. The van der Waals surface area contributed by atoms with Crippen molar-refractivity contribution in [2.24, 2.45) is 11.8 Å². The minimum Gasteiger partial charge on any atom is -0.409 e. The molecule has 0 aromatic heterocycles. The van der Waals surface area contributed by atoms with Gasteiger partial charge in [0, 0.05) is 11.1 Å². The van der Waals surface area contributed by atoms with E-state index in [9.17, 15) is 19.2 Å². The summed E-state index contributed by atoms with van der Waals surface area (Å²) in [5.74, 6) is 0.187. The molecular weight excluding hydrogens is 288 g/mol. The first-order chi connectivity index (χ1) is 9.28. The average Bonchev–Trinajstić information content (AvgIpc) is 2.39. The van der Waals surface area contributed by atoms with E-state index in [0.29, 0.717) is 0 Å². The molecule has 4 unspecified atom stereocenters. The van der Waals surface area contributed by atoms with Gasteiger partial charge < -0.3 is 19.2 Å². The fourth-order valence-electron chi connectivity index (χ4n) is 3.49. The topological polar surface area (TPSA) is 80.9 Å². The molecule has 0 spiro atoms. The van der Waals surface area contributed by atoms with Gasteiger partial charge in [-0.2, -0.15) is 0 Å². The molecule has 20 heavy (non-hydrogen) atoms. The van der Waals surface area contributed by atoms with Crippen LogP contribution in [0.5, 0.6) is 0 Å². The van der Waals surface area contributed by atoms with Crippen molar-refractivity contribution in [3.05, 3.63) is 24.3 Å². The molecule has 0 heterocycles. The molecule has 0 aliphatic heterocycles. The van der Waals surface area contributed by atoms with Crippen molar-refractivity contribution < 1.29 is 19.2 Å². The maximum atomic E-state index is 10.7. The van der Waals surface area contributed by atoms with Gasteiger partial charge >= 0.3 is 16.2 Å². The first kappa shape index (κ1) is 16.1. The lowest BCUT2D eigenvalue weighted by Gasteiger charge is -2.43. The van der Waals surface area contributed by atoms with Crippen molar-refractivity contribution in [2.75, 3.05) is 0 Å². The molecule has 0 bridgehead atoms. The highest BCUT2D eigenvalue weighted by Crippen LogP contribution is 2.44. The zero-order valence-corrected chi connectivity index (χ0v) is 14.2. The van der Waals surface area contributed by atoms with Gasteiger partial charge in [-0.15, -0.1) is 0 Å². The Kier molecular flexibility index (Phi) is 4.73. The lowest BCUT2D eigenvalue weighted by atomic mass is 9.96. The van der Waals surface area contributed by atoms with Crippen molar-refractivity contribution in [1.29, 1.82) is 0 Å². The van der Waals surface area contributed by atoms with Gasteiger partial charge in [-0.05, 0) is 37.5 Å². The van der Waals surface area contributed by atoms with Crippen LogP contribution in [0.3, 0.4) is 0 Å². The van der Waals surface area contributed by atoms with Crippen molar-refractivity contribution in [3.8, 4) is 0 Å². The Hall–Kier alpha value is -0.246. The van der Waals surface area contributed by atoms with Crippen LogP contribution in [0.4, 0.5) is 0 Å². The van der Waals surface area contributed by atoms with Gasteiger partial charge in [0.1, 0.15) is 0 Å². The van der Waals surface area contributed by atoms with Crippen LogP contribution in [0.25, 0.3) is 0 Å². The van der Waals surface area contributed by atoms with E-state index in [-0.39, 0.29) is 11.8 Å². The number of allylic oxidation sites excluding steroid dienone is 4. The Morgan fingerprint density at radius 1 is 0.750 bits per heavy atom. The standard InChI is InChI=1S/C14H26O4Si2/c1-11-7-3-5-9-13(11)19(15,16)20(17,18)14-10-6-4-8-12(14)2/h5-6,9-18H,3-4,7-8H2,1-2H3. The Morgan fingerprint density at radius 2 is 1.10 bits per heavy atom. The second kappa shape index (κ2) is 5.86. The molecule has 0 saturated heterocycles. The van der Waals surface area contributed by atoms with E-state index in [0.717, 1.165) is 25.7 Å². The highest BCUT2D eigenvalue weighted by molar-refractivity contribution is 7.31. The Balaban J connectivity index is 2.30. The molecule has 4 atom stereocenters. The predicted molar refractivity (Wildman–Crippen MR) is 83.0 cm³/mol. The molecule has 4 N–H and O–H groups in total. The molecule has 114 valence electrons. The molecule has 6 heteroatoms. The molecule has 0 fully saturated rings. The molecule has 4 nitrogen and oxygen atoms in total. The van der Waals surface area contributed by atoms with Crippen LogP contribution in [0.2, 0.25) is 11.1 Å². The molecule has 0 aromatic rings. The minimum atomic E-state index is -4.11. The smallest absolute Gasteiger partial charge is 0.386 e. The molecule has 2 aliphatic carbocycles. The van der Waals surface area contributed by atoms with Crippen LogP contribution in [-0.2, 0) is 0 Å². The predicted octanol–water partition coefficient (Wildman–Crippen LogP) is 1.63. The summed E-state index contributed by atoms with van der Waals surface area (Å²) in [6.45, 7) is 3.93. The van der Waals surface area contributed by atoms with Crippen LogP contribution in [0.1, 0.15) is 39.5 Å². The van der Waals surface area contributed by atoms with E-state index in [4.69, 9.17) is 0 Å². The van der Waals surface area contributed by atoms with E-state index >= 15 is 0 Å². The Morgan fingerprint density at radius 3 is 1.40 bits per heavy atom. The normalized spacial score (nSPS) is 35.3. The molecule has 2 aliphatic rings. The van der Waals surface area contributed by atoms with Gasteiger partial charge in [0.15, 0.2) is 0 Å². The van der Waals surface area contributed by atoms with E-state index in [2.05, 4.69) is 0 Å². The van der Waals surface area contributed by atoms with Gasteiger partial charge in [-0.1, -0.05) is 38.2 Å². The maximum Gasteiger partial charge on any atom is 0.386 e. The van der Waals surface area contributed by atoms with Crippen LogP contribution in [0, 0.1) is 11.8 Å². The zero-order chi connectivity index (χ0) is 15.0. The summed E-state index contributed by atoms with van der Waals surface area (Å²) >= 11 is 0. The van der Waals surface area contributed by atoms with Crippen LogP contribution >= 0.6 is 0 Å². The van der Waals surface area contributed by atoms with E-state index in [1.165, 1.54) is 0 Å². The highest BCUT2D eigenvalue weighted by Gasteiger charge is 2.65. The van der Waals surface area contributed by atoms with E-state index < -0.39 is 27.2 Å². The van der Waals surface area contributed by atoms with Crippen molar-refractivity contribution in [1.82, 2.24) is 0 Å². The monoisotopic (exact) mass is 314 g/mol. The third-order valence-electron chi connectivity index (χ3n) is 4.96. The maximum absolute atomic E-state index is 10.7. The van der Waals surface area contributed by atoms with Gasteiger partial charge in [-0.3, -0.25) is 0 Å². The number of hydrogen-bond acceptors (Lipinski definition) is 4. The first-order valence-corrected chi connectivity index (χ1v) is 12.5. The molecular formula is C14H26O4Si2. The number of rotatable bonds is 3. The molecule has 2 rings (SSSR count). The molecule has 0 amide bonds. The summed E-state index contributed by atoms with van der Waals surface area (Å²) in [6, 6.07) is 0. The summed E-state index contributed by atoms with van der Waals surface area (Å²) in [6.07, 6.45) is 11.1. The third-order valence-corrected chi connectivity index (χ3v) is 14.7. The van der Waals surface area contributed by atoms with Gasteiger partial charge in [0.25, 0.3) is 0 Å². The lowest BCUT2D eigenvalue weighted by Crippen LogP contribution is -2.70. The summed E-state index contributed by atoms with van der Waals surface area (Å²) in [5.41, 5.74) is -0.944. The van der Waals surface area contributed by atoms with Crippen molar-refractivity contribution >= 4 is 16.2 Å². The third kappa shape index (κ3) is 2.73. The van der Waals surface area contributed by atoms with E-state index in [1.54, 1.807) is 12.2 Å². The minimum absolute atomic E-state index is 0.0933. The van der Waals surface area contributed by atoms with Crippen molar-refractivity contribution in [2.45, 2.75) is 50.6 Å². The summed E-state index contributed by atoms with van der Waals surface area (Å²) in [5, 5.41) is 0. The van der Waals surface area contributed by atoms with Crippen molar-refractivity contribution in [3.63, 3.8) is 0 Å². The van der Waals surface area contributed by atoms with Gasteiger partial charge in [0.2, 0.25) is 0 Å². The van der Waals surface area contributed by atoms with E-state index in [1.807, 2.05) is 26.0 Å². The molecule has 0 radical (unpaired) electrons. The summed E-state index contributed by atoms with van der Waals surface area (Å²) in [4.78, 5) is 42.7.